The average molecular weight is 201 g/mol. The third-order valence-corrected chi connectivity index (χ3v) is 1.94. The minimum Gasteiger partial charge on any atom is -0.394 e. The van der Waals surface area contributed by atoms with Gasteiger partial charge in [-0.05, 0) is 0 Å². The van der Waals surface area contributed by atoms with E-state index in [1.807, 2.05) is 0 Å². The summed E-state index contributed by atoms with van der Waals surface area (Å²) in [6, 6.07) is 0. The molecule has 0 aromatic rings. The standard InChI is InChI=1S/C4H11NO6S/c6-1-4(2-7,3-8)5-12(9,10)11/h5-8H,1-3H2,(H,9,10,11). The number of hydrogen-bond acceptors (Lipinski definition) is 5. The molecule has 0 aliphatic heterocycles. The minimum atomic E-state index is -4.55. The van der Waals surface area contributed by atoms with Crippen LogP contribution in [0.5, 0.6) is 0 Å². The highest BCUT2D eigenvalue weighted by Crippen LogP contribution is 2.02. The summed E-state index contributed by atoms with van der Waals surface area (Å²) >= 11 is 0. The van der Waals surface area contributed by atoms with Crippen LogP contribution in [0, 0.1) is 0 Å². The first-order chi connectivity index (χ1) is 5.39. The quantitative estimate of drug-likeness (QED) is 0.303. The molecule has 0 bridgehead atoms. The summed E-state index contributed by atoms with van der Waals surface area (Å²) in [7, 11) is -4.55. The fraction of sp³-hybridized carbons (Fsp3) is 1.00. The maximum atomic E-state index is 10.2. The Labute approximate surface area is 69.5 Å². The van der Waals surface area contributed by atoms with Gasteiger partial charge < -0.3 is 15.3 Å². The van der Waals surface area contributed by atoms with E-state index in [1.54, 1.807) is 0 Å². The van der Waals surface area contributed by atoms with Gasteiger partial charge in [-0.2, -0.15) is 13.1 Å². The Morgan fingerprint density at radius 1 is 1.08 bits per heavy atom. The molecule has 0 fully saturated rings. The summed E-state index contributed by atoms with van der Waals surface area (Å²) in [5.41, 5.74) is -1.81. The Hall–Kier alpha value is -0.250. The first-order valence-electron chi connectivity index (χ1n) is 2.98. The first-order valence-corrected chi connectivity index (χ1v) is 4.42. The second-order valence-corrected chi connectivity index (χ2v) is 3.49. The molecule has 7 nitrogen and oxygen atoms in total. The van der Waals surface area contributed by atoms with E-state index in [1.165, 1.54) is 4.72 Å². The van der Waals surface area contributed by atoms with E-state index in [-0.39, 0.29) is 0 Å². The van der Waals surface area contributed by atoms with E-state index >= 15 is 0 Å². The lowest BCUT2D eigenvalue weighted by molar-refractivity contribution is 0.0565. The molecule has 0 atom stereocenters. The second-order valence-electron chi connectivity index (χ2n) is 2.33. The van der Waals surface area contributed by atoms with Gasteiger partial charge in [0.15, 0.2) is 0 Å². The van der Waals surface area contributed by atoms with Crippen LogP contribution in [0.3, 0.4) is 0 Å². The Morgan fingerprint density at radius 3 is 1.50 bits per heavy atom. The van der Waals surface area contributed by atoms with Crippen LogP contribution in [-0.4, -0.2) is 53.6 Å². The maximum absolute atomic E-state index is 10.2. The highest BCUT2D eigenvalue weighted by atomic mass is 32.2. The molecule has 0 saturated heterocycles. The lowest BCUT2D eigenvalue weighted by Crippen LogP contribution is -2.56. The fourth-order valence-electron chi connectivity index (χ4n) is 0.520. The molecule has 5 N–H and O–H groups in total. The smallest absolute Gasteiger partial charge is 0.334 e. The molecule has 0 radical (unpaired) electrons. The number of aliphatic hydroxyl groups is 3. The largest absolute Gasteiger partial charge is 0.394 e. The summed E-state index contributed by atoms with van der Waals surface area (Å²) in [6.45, 7) is -2.46. The van der Waals surface area contributed by atoms with Crippen molar-refractivity contribution in [2.24, 2.45) is 0 Å². The molecule has 0 aromatic carbocycles. The Bertz CT molecular complexity index is 211. The van der Waals surface area contributed by atoms with E-state index in [0.29, 0.717) is 0 Å². The van der Waals surface area contributed by atoms with Gasteiger partial charge in [0, 0.05) is 0 Å². The van der Waals surface area contributed by atoms with Gasteiger partial charge in [-0.3, -0.25) is 4.55 Å². The van der Waals surface area contributed by atoms with Crippen LogP contribution in [-0.2, 0) is 10.3 Å². The monoisotopic (exact) mass is 201 g/mol. The van der Waals surface area contributed by atoms with Crippen LogP contribution < -0.4 is 4.72 Å². The van der Waals surface area contributed by atoms with Gasteiger partial charge in [0.2, 0.25) is 0 Å². The van der Waals surface area contributed by atoms with Crippen molar-refractivity contribution < 1.29 is 28.3 Å². The molecule has 0 heterocycles. The highest BCUT2D eigenvalue weighted by molar-refractivity contribution is 7.83. The van der Waals surface area contributed by atoms with Crippen LogP contribution in [0.4, 0.5) is 0 Å². The highest BCUT2D eigenvalue weighted by Gasteiger charge is 2.32. The van der Waals surface area contributed by atoms with Crippen molar-refractivity contribution in [2.45, 2.75) is 5.54 Å². The summed E-state index contributed by atoms with van der Waals surface area (Å²) in [4.78, 5) is 0. The fourth-order valence-corrected chi connectivity index (χ4v) is 1.26. The molecule has 74 valence electrons. The molecule has 0 rings (SSSR count). The topological polar surface area (TPSA) is 127 Å². The van der Waals surface area contributed by atoms with Crippen LogP contribution in [0.1, 0.15) is 0 Å². The van der Waals surface area contributed by atoms with Crippen LogP contribution in [0.2, 0.25) is 0 Å². The predicted octanol–water partition coefficient (Wildman–Crippen LogP) is -2.91. The first kappa shape index (κ1) is 11.8. The maximum Gasteiger partial charge on any atom is 0.334 e. The van der Waals surface area contributed by atoms with E-state index in [4.69, 9.17) is 19.9 Å². The zero-order chi connectivity index (χ0) is 9.83. The summed E-state index contributed by atoms with van der Waals surface area (Å²) < 4.78 is 30.2. The molecular weight excluding hydrogens is 190 g/mol. The van der Waals surface area contributed by atoms with Crippen molar-refractivity contribution in [1.29, 1.82) is 0 Å². The van der Waals surface area contributed by atoms with Gasteiger partial charge >= 0.3 is 10.3 Å². The number of nitrogens with one attached hydrogen (secondary N) is 1. The average Bonchev–Trinajstić information content (AvgIpc) is 1.99. The third kappa shape index (κ3) is 3.43. The molecule has 0 aliphatic carbocycles. The molecular formula is C4H11NO6S. The number of aliphatic hydroxyl groups excluding tert-OH is 3. The summed E-state index contributed by atoms with van der Waals surface area (Å²) in [5, 5.41) is 25.7. The van der Waals surface area contributed by atoms with Crippen LogP contribution >= 0.6 is 0 Å². The minimum absolute atomic E-state index is 0.820. The van der Waals surface area contributed by atoms with Gasteiger partial charge in [-0.25, -0.2) is 0 Å². The number of rotatable bonds is 5. The normalized spacial score (nSPS) is 13.3. The van der Waals surface area contributed by atoms with Crippen molar-refractivity contribution >= 4 is 10.3 Å². The Balaban J connectivity index is 4.52. The molecule has 0 saturated carbocycles. The number of hydrogen-bond donors (Lipinski definition) is 5. The summed E-state index contributed by atoms with van der Waals surface area (Å²) in [5.74, 6) is 0. The van der Waals surface area contributed by atoms with Crippen LogP contribution in [0.15, 0.2) is 0 Å². The van der Waals surface area contributed by atoms with E-state index in [9.17, 15) is 8.42 Å². The van der Waals surface area contributed by atoms with Crippen molar-refractivity contribution in [3.63, 3.8) is 0 Å². The van der Waals surface area contributed by atoms with Gasteiger partial charge in [0.05, 0.1) is 19.8 Å². The van der Waals surface area contributed by atoms with Crippen LogP contribution in [0.25, 0.3) is 0 Å². The van der Waals surface area contributed by atoms with Gasteiger partial charge in [-0.1, -0.05) is 0 Å². The van der Waals surface area contributed by atoms with Crippen molar-refractivity contribution in [2.75, 3.05) is 19.8 Å². The third-order valence-electron chi connectivity index (χ3n) is 1.25. The van der Waals surface area contributed by atoms with Gasteiger partial charge in [0.1, 0.15) is 5.54 Å². The van der Waals surface area contributed by atoms with Crippen molar-refractivity contribution in [3.8, 4) is 0 Å². The molecule has 8 heteroatoms. The molecule has 0 unspecified atom stereocenters. The molecule has 0 aromatic heterocycles. The van der Waals surface area contributed by atoms with Gasteiger partial charge in [-0.15, -0.1) is 0 Å². The summed E-state index contributed by atoms with van der Waals surface area (Å²) in [6.07, 6.45) is 0. The zero-order valence-corrected chi connectivity index (χ0v) is 6.95. The zero-order valence-electron chi connectivity index (χ0n) is 6.13. The van der Waals surface area contributed by atoms with E-state index in [0.717, 1.165) is 0 Å². The molecule has 12 heavy (non-hydrogen) atoms. The van der Waals surface area contributed by atoms with Crippen molar-refractivity contribution in [1.82, 2.24) is 4.72 Å². The van der Waals surface area contributed by atoms with E-state index < -0.39 is 35.7 Å². The molecule has 0 amide bonds. The lowest BCUT2D eigenvalue weighted by Gasteiger charge is -2.26. The SMILES string of the molecule is O=S(=O)(O)NC(CO)(CO)CO. The Morgan fingerprint density at radius 2 is 1.42 bits per heavy atom. The second kappa shape index (κ2) is 4.12. The van der Waals surface area contributed by atoms with Gasteiger partial charge in [0.25, 0.3) is 0 Å². The molecule has 0 aliphatic rings. The Kier molecular flexibility index (Phi) is 4.03. The predicted molar refractivity (Wildman–Crippen MR) is 38.7 cm³/mol. The molecule has 0 spiro atoms. The van der Waals surface area contributed by atoms with E-state index in [2.05, 4.69) is 0 Å². The lowest BCUT2D eigenvalue weighted by atomic mass is 10.1. The van der Waals surface area contributed by atoms with Crippen molar-refractivity contribution in [3.05, 3.63) is 0 Å².